The van der Waals surface area contributed by atoms with Gasteiger partial charge < -0.3 is 5.11 Å². The highest BCUT2D eigenvalue weighted by Crippen LogP contribution is 2.33. The molecule has 1 atom stereocenters. The van der Waals surface area contributed by atoms with Crippen LogP contribution in [0.4, 0.5) is 0 Å². The van der Waals surface area contributed by atoms with Crippen molar-refractivity contribution in [1.82, 2.24) is 9.78 Å². The summed E-state index contributed by atoms with van der Waals surface area (Å²) in [6.07, 6.45) is 5.99. The van der Waals surface area contributed by atoms with Crippen LogP contribution in [0.1, 0.15) is 25.0 Å². The quantitative estimate of drug-likeness (QED) is 0.754. The monoisotopic (exact) mass is 180 g/mol. The SMILES string of the molecule is Cn1ccc(CC(O)CC2CC2)n1. The summed E-state index contributed by atoms with van der Waals surface area (Å²) in [5.41, 5.74) is 0.996. The van der Waals surface area contributed by atoms with E-state index in [4.69, 9.17) is 0 Å². The molecule has 0 aromatic carbocycles. The Morgan fingerprint density at radius 1 is 1.69 bits per heavy atom. The van der Waals surface area contributed by atoms with E-state index >= 15 is 0 Å². The Bertz CT molecular complexity index is 278. The smallest absolute Gasteiger partial charge is 0.0650 e. The third-order valence-electron chi connectivity index (χ3n) is 2.52. The fourth-order valence-electron chi connectivity index (χ4n) is 1.64. The van der Waals surface area contributed by atoms with Gasteiger partial charge in [0.05, 0.1) is 11.8 Å². The lowest BCUT2D eigenvalue weighted by molar-refractivity contribution is 0.156. The molecule has 1 aliphatic rings. The highest BCUT2D eigenvalue weighted by Gasteiger charge is 2.24. The van der Waals surface area contributed by atoms with Crippen molar-refractivity contribution >= 4 is 0 Å². The first-order chi connectivity index (χ1) is 6.24. The Morgan fingerprint density at radius 2 is 2.46 bits per heavy atom. The minimum Gasteiger partial charge on any atom is -0.393 e. The van der Waals surface area contributed by atoms with E-state index in [0.717, 1.165) is 18.0 Å². The molecule has 1 fully saturated rings. The molecule has 13 heavy (non-hydrogen) atoms. The molecule has 0 spiro atoms. The van der Waals surface area contributed by atoms with Crippen LogP contribution in [0.5, 0.6) is 0 Å². The van der Waals surface area contributed by atoms with Gasteiger partial charge in [0.1, 0.15) is 0 Å². The molecule has 1 heterocycles. The van der Waals surface area contributed by atoms with Crippen LogP contribution in [0.15, 0.2) is 12.3 Å². The standard InChI is InChI=1S/C10H16N2O/c1-12-5-4-9(11-12)7-10(13)6-8-2-3-8/h4-5,8,10,13H,2-3,6-7H2,1H3. The third kappa shape index (κ3) is 2.56. The number of hydrogen-bond donors (Lipinski definition) is 1. The van der Waals surface area contributed by atoms with Crippen molar-refractivity contribution in [1.29, 1.82) is 0 Å². The number of rotatable bonds is 4. The molecule has 1 aliphatic carbocycles. The molecular formula is C10H16N2O. The third-order valence-corrected chi connectivity index (χ3v) is 2.52. The van der Waals surface area contributed by atoms with Gasteiger partial charge in [-0.15, -0.1) is 0 Å². The number of aliphatic hydroxyl groups is 1. The molecule has 1 aromatic heterocycles. The molecule has 0 bridgehead atoms. The summed E-state index contributed by atoms with van der Waals surface area (Å²) < 4.78 is 1.78. The van der Waals surface area contributed by atoms with Gasteiger partial charge >= 0.3 is 0 Å². The van der Waals surface area contributed by atoms with Crippen molar-refractivity contribution in [3.8, 4) is 0 Å². The topological polar surface area (TPSA) is 38.0 Å². The van der Waals surface area contributed by atoms with Crippen molar-refractivity contribution in [2.24, 2.45) is 13.0 Å². The van der Waals surface area contributed by atoms with Crippen LogP contribution >= 0.6 is 0 Å². The highest BCUT2D eigenvalue weighted by molar-refractivity contribution is 5.00. The van der Waals surface area contributed by atoms with Crippen LogP contribution in [0.2, 0.25) is 0 Å². The van der Waals surface area contributed by atoms with Gasteiger partial charge in [-0.2, -0.15) is 5.10 Å². The summed E-state index contributed by atoms with van der Waals surface area (Å²) in [6.45, 7) is 0. The lowest BCUT2D eigenvalue weighted by atomic mass is 10.1. The maximum absolute atomic E-state index is 9.67. The van der Waals surface area contributed by atoms with Crippen LogP contribution in [0, 0.1) is 5.92 Å². The highest BCUT2D eigenvalue weighted by atomic mass is 16.3. The summed E-state index contributed by atoms with van der Waals surface area (Å²) >= 11 is 0. The first-order valence-electron chi connectivity index (χ1n) is 4.90. The maximum Gasteiger partial charge on any atom is 0.0650 e. The Balaban J connectivity index is 1.82. The average molecular weight is 180 g/mol. The summed E-state index contributed by atoms with van der Waals surface area (Å²) in [7, 11) is 1.90. The first kappa shape index (κ1) is 8.75. The fraction of sp³-hybridized carbons (Fsp3) is 0.700. The van der Waals surface area contributed by atoms with Crippen LogP contribution < -0.4 is 0 Å². The molecule has 72 valence electrons. The lowest BCUT2D eigenvalue weighted by Crippen LogP contribution is -2.11. The van der Waals surface area contributed by atoms with E-state index in [1.165, 1.54) is 12.8 Å². The Hall–Kier alpha value is -0.830. The molecular weight excluding hydrogens is 164 g/mol. The molecule has 1 N–H and O–H groups in total. The Morgan fingerprint density at radius 3 is 3.00 bits per heavy atom. The molecule has 1 aromatic rings. The fourth-order valence-corrected chi connectivity index (χ4v) is 1.64. The summed E-state index contributed by atoms with van der Waals surface area (Å²) in [6, 6.07) is 1.97. The van der Waals surface area contributed by atoms with Crippen LogP contribution in [-0.2, 0) is 13.5 Å². The van der Waals surface area contributed by atoms with E-state index in [9.17, 15) is 5.11 Å². The Labute approximate surface area is 78.4 Å². The predicted molar refractivity (Wildman–Crippen MR) is 50.3 cm³/mol. The van der Waals surface area contributed by atoms with Gasteiger partial charge in [0, 0.05) is 19.7 Å². The van der Waals surface area contributed by atoms with Gasteiger partial charge in [-0.1, -0.05) is 12.8 Å². The van der Waals surface area contributed by atoms with Gasteiger partial charge in [0.2, 0.25) is 0 Å². The molecule has 1 saturated carbocycles. The normalized spacial score (nSPS) is 18.9. The molecule has 2 rings (SSSR count). The molecule has 0 amide bonds. The van der Waals surface area contributed by atoms with E-state index in [2.05, 4.69) is 5.10 Å². The van der Waals surface area contributed by atoms with Crippen molar-refractivity contribution in [2.75, 3.05) is 0 Å². The predicted octanol–water partition coefficient (Wildman–Crippen LogP) is 1.12. The summed E-state index contributed by atoms with van der Waals surface area (Å²) in [5.74, 6) is 0.790. The molecule has 3 heteroatoms. The Kier molecular flexibility index (Phi) is 2.36. The molecule has 1 unspecified atom stereocenters. The number of hydrogen-bond acceptors (Lipinski definition) is 2. The van der Waals surface area contributed by atoms with Gasteiger partial charge in [-0.05, 0) is 18.4 Å². The van der Waals surface area contributed by atoms with Gasteiger partial charge in [0.25, 0.3) is 0 Å². The van der Waals surface area contributed by atoms with Gasteiger partial charge in [-0.3, -0.25) is 4.68 Å². The number of aromatic nitrogens is 2. The zero-order valence-electron chi connectivity index (χ0n) is 7.98. The van der Waals surface area contributed by atoms with E-state index in [1.54, 1.807) is 4.68 Å². The van der Waals surface area contributed by atoms with Gasteiger partial charge in [0.15, 0.2) is 0 Å². The minimum atomic E-state index is -0.192. The van der Waals surface area contributed by atoms with Crippen molar-refractivity contribution < 1.29 is 5.11 Å². The second-order valence-electron chi connectivity index (χ2n) is 4.02. The first-order valence-corrected chi connectivity index (χ1v) is 4.90. The van der Waals surface area contributed by atoms with Crippen molar-refractivity contribution in [3.05, 3.63) is 18.0 Å². The summed E-state index contributed by atoms with van der Waals surface area (Å²) in [5, 5.41) is 13.9. The number of aryl methyl sites for hydroxylation is 1. The van der Waals surface area contributed by atoms with Crippen molar-refractivity contribution in [2.45, 2.75) is 31.8 Å². The summed E-state index contributed by atoms with van der Waals surface area (Å²) in [4.78, 5) is 0. The zero-order valence-corrected chi connectivity index (χ0v) is 7.98. The average Bonchev–Trinajstić information content (AvgIpc) is 2.76. The van der Waals surface area contributed by atoms with E-state index in [-0.39, 0.29) is 6.10 Å². The van der Waals surface area contributed by atoms with Crippen LogP contribution in [0.3, 0.4) is 0 Å². The second kappa shape index (κ2) is 3.50. The lowest BCUT2D eigenvalue weighted by Gasteiger charge is -2.06. The minimum absolute atomic E-state index is 0.192. The molecule has 0 aliphatic heterocycles. The van der Waals surface area contributed by atoms with Crippen LogP contribution in [-0.4, -0.2) is 21.0 Å². The maximum atomic E-state index is 9.67. The number of aliphatic hydroxyl groups excluding tert-OH is 1. The number of nitrogens with zero attached hydrogens (tertiary/aromatic N) is 2. The van der Waals surface area contributed by atoms with E-state index in [0.29, 0.717) is 6.42 Å². The van der Waals surface area contributed by atoms with E-state index in [1.807, 2.05) is 19.3 Å². The molecule has 3 nitrogen and oxygen atoms in total. The largest absolute Gasteiger partial charge is 0.393 e. The van der Waals surface area contributed by atoms with Crippen LogP contribution in [0.25, 0.3) is 0 Å². The molecule has 0 saturated heterocycles. The van der Waals surface area contributed by atoms with E-state index < -0.39 is 0 Å². The van der Waals surface area contributed by atoms with Crippen molar-refractivity contribution in [3.63, 3.8) is 0 Å². The second-order valence-corrected chi connectivity index (χ2v) is 4.02. The van der Waals surface area contributed by atoms with Gasteiger partial charge in [-0.25, -0.2) is 0 Å². The zero-order chi connectivity index (χ0) is 9.26. The molecule has 0 radical (unpaired) electrons.